The Labute approximate surface area is 102 Å². The molecule has 1 heterocycles. The number of benzene rings is 1. The molecule has 2 rings (SSSR count). The molecule has 0 bridgehead atoms. The Balaban J connectivity index is 2.60. The lowest BCUT2D eigenvalue weighted by Gasteiger charge is -1.98. The van der Waals surface area contributed by atoms with Crippen molar-refractivity contribution in [1.82, 2.24) is 5.16 Å². The fraction of sp³-hybridized carbons (Fsp3) is 0.0909. The van der Waals surface area contributed by atoms with Gasteiger partial charge in [0, 0.05) is 10.6 Å². The van der Waals surface area contributed by atoms with Crippen LogP contribution in [0.1, 0.15) is 16.1 Å². The second kappa shape index (κ2) is 4.28. The number of carbonyl (C=O) groups is 1. The van der Waals surface area contributed by atoms with Gasteiger partial charge in [-0.05, 0) is 30.7 Å². The highest BCUT2D eigenvalue weighted by Gasteiger charge is 2.19. The fourth-order valence-corrected chi connectivity index (χ4v) is 1.85. The second-order valence-electron chi connectivity index (χ2n) is 3.25. The van der Waals surface area contributed by atoms with Gasteiger partial charge in [0.25, 0.3) is 5.24 Å². The molecule has 0 aliphatic carbocycles. The molecule has 0 spiro atoms. The van der Waals surface area contributed by atoms with Crippen LogP contribution in [0.25, 0.3) is 11.3 Å². The van der Waals surface area contributed by atoms with Gasteiger partial charge < -0.3 is 4.52 Å². The number of carbonyl (C=O) groups excluding carboxylic acids is 1. The average molecular weight is 256 g/mol. The molecule has 0 saturated carbocycles. The molecule has 16 heavy (non-hydrogen) atoms. The van der Waals surface area contributed by atoms with E-state index in [-0.39, 0.29) is 5.56 Å². The van der Waals surface area contributed by atoms with Gasteiger partial charge >= 0.3 is 0 Å². The molecule has 3 nitrogen and oxygen atoms in total. The van der Waals surface area contributed by atoms with Gasteiger partial charge in [-0.3, -0.25) is 4.79 Å². The number of nitrogens with zero attached hydrogens (tertiary/aromatic N) is 1. The van der Waals surface area contributed by atoms with Crippen molar-refractivity contribution in [3.63, 3.8) is 0 Å². The number of hydrogen-bond acceptors (Lipinski definition) is 3. The van der Waals surface area contributed by atoms with Crippen molar-refractivity contribution in [3.05, 3.63) is 40.6 Å². The van der Waals surface area contributed by atoms with Crippen LogP contribution in [-0.2, 0) is 0 Å². The van der Waals surface area contributed by atoms with Crippen LogP contribution in [0, 0.1) is 6.92 Å². The van der Waals surface area contributed by atoms with Crippen LogP contribution in [0.5, 0.6) is 0 Å². The lowest BCUT2D eigenvalue weighted by atomic mass is 10.1. The highest BCUT2D eigenvalue weighted by molar-refractivity contribution is 6.68. The summed E-state index contributed by atoms with van der Waals surface area (Å²) in [4.78, 5) is 11.2. The zero-order valence-electron chi connectivity index (χ0n) is 8.33. The van der Waals surface area contributed by atoms with Crippen molar-refractivity contribution in [3.8, 4) is 11.3 Å². The Morgan fingerprint density at radius 1 is 1.44 bits per heavy atom. The van der Waals surface area contributed by atoms with E-state index in [0.717, 1.165) is 0 Å². The van der Waals surface area contributed by atoms with Crippen LogP contribution < -0.4 is 0 Å². The molecule has 0 unspecified atom stereocenters. The number of aromatic nitrogens is 1. The maximum absolute atomic E-state index is 11.2. The first-order chi connectivity index (χ1) is 7.59. The molecule has 0 radical (unpaired) electrons. The molecule has 0 N–H and O–H groups in total. The highest BCUT2D eigenvalue weighted by Crippen LogP contribution is 2.28. The molecular weight excluding hydrogens is 249 g/mol. The molecule has 2 aromatic rings. The summed E-state index contributed by atoms with van der Waals surface area (Å²) in [7, 11) is 0. The van der Waals surface area contributed by atoms with E-state index in [2.05, 4.69) is 5.16 Å². The molecule has 5 heteroatoms. The summed E-state index contributed by atoms with van der Waals surface area (Å²) in [6, 6.07) is 6.99. The van der Waals surface area contributed by atoms with Gasteiger partial charge in [0.05, 0.1) is 0 Å². The van der Waals surface area contributed by atoms with Crippen LogP contribution >= 0.6 is 23.2 Å². The van der Waals surface area contributed by atoms with E-state index >= 15 is 0 Å². The first-order valence-corrected chi connectivity index (χ1v) is 5.27. The Bertz CT molecular complexity index is 549. The summed E-state index contributed by atoms with van der Waals surface area (Å²) in [6.07, 6.45) is 0. The third kappa shape index (κ3) is 1.96. The molecule has 0 saturated heterocycles. The van der Waals surface area contributed by atoms with Crippen molar-refractivity contribution in [2.24, 2.45) is 0 Å². The van der Waals surface area contributed by atoms with E-state index in [1.807, 2.05) is 0 Å². The quantitative estimate of drug-likeness (QED) is 0.769. The molecule has 0 aliphatic heterocycles. The maximum Gasteiger partial charge on any atom is 0.258 e. The second-order valence-corrected chi connectivity index (χ2v) is 4.03. The number of aryl methyl sites for hydroxylation is 1. The van der Waals surface area contributed by atoms with Gasteiger partial charge in [-0.15, -0.1) is 0 Å². The zero-order chi connectivity index (χ0) is 11.7. The summed E-state index contributed by atoms with van der Waals surface area (Å²) in [5.74, 6) is 0.398. The summed E-state index contributed by atoms with van der Waals surface area (Å²) in [6.45, 7) is 1.64. The number of halogens is 2. The standard InChI is InChI=1S/C11H7Cl2NO2/c1-6-9(11(13)15)10(14-16-6)7-3-2-4-8(12)5-7/h2-5H,1H3. The Hall–Kier alpha value is -1.32. The summed E-state index contributed by atoms with van der Waals surface area (Å²) in [5, 5.41) is 3.78. The monoisotopic (exact) mass is 255 g/mol. The van der Waals surface area contributed by atoms with E-state index in [1.165, 1.54) is 0 Å². The Morgan fingerprint density at radius 2 is 2.19 bits per heavy atom. The van der Waals surface area contributed by atoms with Crippen molar-refractivity contribution < 1.29 is 9.32 Å². The predicted octanol–water partition coefficient (Wildman–Crippen LogP) is 3.68. The van der Waals surface area contributed by atoms with E-state index in [1.54, 1.807) is 31.2 Å². The average Bonchev–Trinajstić information content (AvgIpc) is 2.60. The third-order valence-electron chi connectivity index (χ3n) is 2.16. The van der Waals surface area contributed by atoms with E-state index in [0.29, 0.717) is 22.0 Å². The van der Waals surface area contributed by atoms with Crippen LogP contribution in [-0.4, -0.2) is 10.4 Å². The first kappa shape index (κ1) is 11.2. The first-order valence-electron chi connectivity index (χ1n) is 4.51. The van der Waals surface area contributed by atoms with Crippen LogP contribution in [0.15, 0.2) is 28.8 Å². The number of rotatable bonds is 2. The van der Waals surface area contributed by atoms with Crippen molar-refractivity contribution >= 4 is 28.4 Å². The summed E-state index contributed by atoms with van der Waals surface area (Å²) < 4.78 is 4.95. The van der Waals surface area contributed by atoms with Crippen LogP contribution in [0.3, 0.4) is 0 Å². The van der Waals surface area contributed by atoms with Gasteiger partial charge in [-0.1, -0.05) is 28.9 Å². The Kier molecular flexibility index (Phi) is 2.99. The molecule has 0 fully saturated rings. The van der Waals surface area contributed by atoms with Crippen LogP contribution in [0.2, 0.25) is 5.02 Å². The molecule has 0 atom stereocenters. The Morgan fingerprint density at radius 3 is 2.81 bits per heavy atom. The normalized spacial score (nSPS) is 10.4. The van der Waals surface area contributed by atoms with Gasteiger partial charge in [0.15, 0.2) is 0 Å². The lowest BCUT2D eigenvalue weighted by molar-refractivity contribution is 0.108. The van der Waals surface area contributed by atoms with Gasteiger partial charge in [-0.2, -0.15) is 0 Å². The minimum absolute atomic E-state index is 0.281. The summed E-state index contributed by atoms with van der Waals surface area (Å²) >= 11 is 11.3. The van der Waals surface area contributed by atoms with Crippen LogP contribution in [0.4, 0.5) is 0 Å². The molecule has 0 aliphatic rings. The third-order valence-corrected chi connectivity index (χ3v) is 2.58. The topological polar surface area (TPSA) is 43.1 Å². The zero-order valence-corrected chi connectivity index (χ0v) is 9.84. The minimum Gasteiger partial charge on any atom is -0.360 e. The SMILES string of the molecule is Cc1onc(-c2cccc(Cl)c2)c1C(=O)Cl. The molecule has 1 aromatic heterocycles. The minimum atomic E-state index is -0.589. The maximum atomic E-state index is 11.2. The van der Waals surface area contributed by atoms with Crippen molar-refractivity contribution in [1.29, 1.82) is 0 Å². The van der Waals surface area contributed by atoms with Gasteiger partial charge in [0.1, 0.15) is 17.0 Å². The smallest absolute Gasteiger partial charge is 0.258 e. The van der Waals surface area contributed by atoms with E-state index in [9.17, 15) is 4.79 Å². The highest BCUT2D eigenvalue weighted by atomic mass is 35.5. The van der Waals surface area contributed by atoms with Gasteiger partial charge in [-0.25, -0.2) is 0 Å². The molecule has 1 aromatic carbocycles. The van der Waals surface area contributed by atoms with E-state index in [4.69, 9.17) is 27.7 Å². The van der Waals surface area contributed by atoms with Crippen molar-refractivity contribution in [2.45, 2.75) is 6.92 Å². The largest absolute Gasteiger partial charge is 0.360 e. The van der Waals surface area contributed by atoms with Crippen molar-refractivity contribution in [2.75, 3.05) is 0 Å². The summed E-state index contributed by atoms with van der Waals surface area (Å²) in [5.41, 5.74) is 1.40. The molecular formula is C11H7Cl2NO2. The number of hydrogen-bond donors (Lipinski definition) is 0. The molecule has 82 valence electrons. The van der Waals surface area contributed by atoms with E-state index < -0.39 is 5.24 Å². The fourth-order valence-electron chi connectivity index (χ4n) is 1.44. The predicted molar refractivity (Wildman–Crippen MR) is 61.9 cm³/mol. The molecule has 0 amide bonds. The van der Waals surface area contributed by atoms with Gasteiger partial charge in [0.2, 0.25) is 0 Å². The lowest BCUT2D eigenvalue weighted by Crippen LogP contribution is -1.92.